The first-order chi connectivity index (χ1) is 10.2. The standard InChI is InChI=1S/C18H28N2O/c1-3-21-16-9-7-14(8-10-16)13(2)20-11-15-5-4-6-18(19)17(15)12-20/h7-10,13,15,17-18H,3-6,11-12,19H2,1-2H3. The maximum Gasteiger partial charge on any atom is 0.119 e. The van der Waals surface area contributed by atoms with Gasteiger partial charge in [0, 0.05) is 25.2 Å². The first kappa shape index (κ1) is 14.9. The van der Waals surface area contributed by atoms with Gasteiger partial charge in [0.1, 0.15) is 5.75 Å². The minimum atomic E-state index is 0.418. The highest BCUT2D eigenvalue weighted by Crippen LogP contribution is 2.39. The van der Waals surface area contributed by atoms with Gasteiger partial charge in [0.15, 0.2) is 0 Å². The predicted molar refractivity (Wildman–Crippen MR) is 86.4 cm³/mol. The summed E-state index contributed by atoms with van der Waals surface area (Å²) in [5, 5.41) is 0. The maximum atomic E-state index is 6.33. The van der Waals surface area contributed by atoms with Crippen molar-refractivity contribution in [2.24, 2.45) is 17.6 Å². The molecule has 0 aromatic heterocycles. The van der Waals surface area contributed by atoms with Crippen LogP contribution in [0.1, 0.15) is 44.7 Å². The third-order valence-corrected chi connectivity index (χ3v) is 5.40. The number of benzene rings is 1. The van der Waals surface area contributed by atoms with Crippen molar-refractivity contribution in [3.63, 3.8) is 0 Å². The number of likely N-dealkylation sites (tertiary alicyclic amines) is 1. The summed E-state index contributed by atoms with van der Waals surface area (Å²) in [6.07, 6.45) is 3.89. The molecule has 1 heterocycles. The van der Waals surface area contributed by atoms with Crippen molar-refractivity contribution in [3.8, 4) is 5.75 Å². The van der Waals surface area contributed by atoms with E-state index in [1.807, 2.05) is 6.92 Å². The van der Waals surface area contributed by atoms with E-state index in [1.165, 1.54) is 37.9 Å². The molecule has 2 N–H and O–H groups in total. The van der Waals surface area contributed by atoms with Crippen LogP contribution in [0.15, 0.2) is 24.3 Å². The van der Waals surface area contributed by atoms with E-state index >= 15 is 0 Å². The summed E-state index contributed by atoms with van der Waals surface area (Å²) in [5.41, 5.74) is 7.71. The molecule has 3 rings (SSSR count). The van der Waals surface area contributed by atoms with Crippen LogP contribution in [0.25, 0.3) is 0 Å². The smallest absolute Gasteiger partial charge is 0.119 e. The Morgan fingerprint density at radius 1 is 1.24 bits per heavy atom. The molecule has 1 aliphatic carbocycles. The Balaban J connectivity index is 1.66. The van der Waals surface area contributed by atoms with Crippen LogP contribution < -0.4 is 10.5 Å². The molecular weight excluding hydrogens is 260 g/mol. The second-order valence-corrected chi connectivity index (χ2v) is 6.65. The van der Waals surface area contributed by atoms with E-state index in [2.05, 4.69) is 36.1 Å². The van der Waals surface area contributed by atoms with Crippen molar-refractivity contribution in [3.05, 3.63) is 29.8 Å². The van der Waals surface area contributed by atoms with E-state index in [4.69, 9.17) is 10.5 Å². The summed E-state index contributed by atoms with van der Waals surface area (Å²) in [7, 11) is 0. The highest BCUT2D eigenvalue weighted by molar-refractivity contribution is 5.29. The zero-order valence-corrected chi connectivity index (χ0v) is 13.3. The van der Waals surface area contributed by atoms with Crippen LogP contribution in [-0.2, 0) is 0 Å². The molecule has 2 aliphatic rings. The molecule has 1 aliphatic heterocycles. The summed E-state index contributed by atoms with van der Waals surface area (Å²) in [5.74, 6) is 2.49. The fourth-order valence-corrected chi connectivity index (χ4v) is 4.09. The molecule has 0 radical (unpaired) electrons. The van der Waals surface area contributed by atoms with Crippen LogP contribution in [0.5, 0.6) is 5.75 Å². The number of ether oxygens (including phenoxy) is 1. The maximum absolute atomic E-state index is 6.33. The highest BCUT2D eigenvalue weighted by Gasteiger charge is 2.40. The van der Waals surface area contributed by atoms with E-state index in [0.29, 0.717) is 18.0 Å². The van der Waals surface area contributed by atoms with E-state index in [-0.39, 0.29) is 0 Å². The molecule has 0 amide bonds. The van der Waals surface area contributed by atoms with Crippen molar-refractivity contribution >= 4 is 0 Å². The Kier molecular flexibility index (Phi) is 4.51. The van der Waals surface area contributed by atoms with Crippen LogP contribution in [-0.4, -0.2) is 30.6 Å². The second kappa shape index (κ2) is 6.37. The summed E-state index contributed by atoms with van der Waals surface area (Å²) in [4.78, 5) is 2.62. The third kappa shape index (κ3) is 3.09. The molecule has 4 unspecified atom stereocenters. The van der Waals surface area contributed by atoms with Gasteiger partial charge in [-0.2, -0.15) is 0 Å². The third-order valence-electron chi connectivity index (χ3n) is 5.40. The van der Waals surface area contributed by atoms with Crippen LogP contribution in [0.4, 0.5) is 0 Å². The average molecular weight is 288 g/mol. The molecule has 3 nitrogen and oxygen atoms in total. The first-order valence-corrected chi connectivity index (χ1v) is 8.41. The molecule has 2 fully saturated rings. The number of nitrogens with two attached hydrogens (primary N) is 1. The summed E-state index contributed by atoms with van der Waals surface area (Å²) < 4.78 is 5.53. The van der Waals surface area contributed by atoms with Gasteiger partial charge < -0.3 is 10.5 Å². The van der Waals surface area contributed by atoms with Gasteiger partial charge >= 0.3 is 0 Å². The highest BCUT2D eigenvalue weighted by atomic mass is 16.5. The van der Waals surface area contributed by atoms with E-state index in [1.54, 1.807) is 0 Å². The zero-order valence-electron chi connectivity index (χ0n) is 13.3. The summed E-state index contributed by atoms with van der Waals surface area (Å²) >= 11 is 0. The molecular formula is C18H28N2O. The lowest BCUT2D eigenvalue weighted by Gasteiger charge is -2.30. The topological polar surface area (TPSA) is 38.5 Å². The number of hydrogen-bond acceptors (Lipinski definition) is 3. The molecule has 0 bridgehead atoms. The van der Waals surface area contributed by atoms with Gasteiger partial charge in [-0.15, -0.1) is 0 Å². The minimum Gasteiger partial charge on any atom is -0.494 e. The van der Waals surface area contributed by atoms with Gasteiger partial charge in [0.2, 0.25) is 0 Å². The lowest BCUT2D eigenvalue weighted by atomic mass is 9.78. The number of nitrogens with zero attached hydrogens (tertiary/aromatic N) is 1. The fourth-order valence-electron chi connectivity index (χ4n) is 4.09. The molecule has 1 saturated carbocycles. The SMILES string of the molecule is CCOc1ccc(C(C)N2CC3CCCC(N)C3C2)cc1. The molecule has 116 valence electrons. The van der Waals surface area contributed by atoms with Crippen molar-refractivity contribution < 1.29 is 4.74 Å². The van der Waals surface area contributed by atoms with E-state index in [9.17, 15) is 0 Å². The zero-order chi connectivity index (χ0) is 14.8. The molecule has 1 aromatic rings. The number of hydrogen-bond donors (Lipinski definition) is 1. The monoisotopic (exact) mass is 288 g/mol. The van der Waals surface area contributed by atoms with Crippen molar-refractivity contribution in [1.82, 2.24) is 4.90 Å². The molecule has 1 saturated heterocycles. The normalized spacial score (nSPS) is 30.9. The van der Waals surface area contributed by atoms with Gasteiger partial charge in [-0.25, -0.2) is 0 Å². The lowest BCUT2D eigenvalue weighted by Crippen LogP contribution is -2.38. The minimum absolute atomic E-state index is 0.418. The van der Waals surface area contributed by atoms with Crippen LogP contribution >= 0.6 is 0 Å². The number of rotatable bonds is 4. The lowest BCUT2D eigenvalue weighted by molar-refractivity contribution is 0.245. The quantitative estimate of drug-likeness (QED) is 0.924. The first-order valence-electron chi connectivity index (χ1n) is 8.41. The molecule has 21 heavy (non-hydrogen) atoms. The predicted octanol–water partition coefficient (Wildman–Crippen LogP) is 3.21. The van der Waals surface area contributed by atoms with Gasteiger partial charge in [-0.3, -0.25) is 4.90 Å². The molecule has 1 aromatic carbocycles. The van der Waals surface area contributed by atoms with Crippen molar-refractivity contribution in [2.45, 2.75) is 45.2 Å². The average Bonchev–Trinajstić information content (AvgIpc) is 2.93. The molecule has 3 heteroatoms. The second-order valence-electron chi connectivity index (χ2n) is 6.65. The largest absolute Gasteiger partial charge is 0.494 e. The van der Waals surface area contributed by atoms with Gasteiger partial charge in [-0.1, -0.05) is 18.6 Å². The molecule has 4 atom stereocenters. The van der Waals surface area contributed by atoms with Crippen molar-refractivity contribution in [2.75, 3.05) is 19.7 Å². The van der Waals surface area contributed by atoms with Gasteiger partial charge in [-0.05, 0) is 56.2 Å². The Labute approximate surface area is 128 Å². The van der Waals surface area contributed by atoms with Crippen LogP contribution in [0, 0.1) is 11.8 Å². The molecule has 0 spiro atoms. The van der Waals surface area contributed by atoms with Crippen LogP contribution in [0.3, 0.4) is 0 Å². The fraction of sp³-hybridized carbons (Fsp3) is 0.667. The van der Waals surface area contributed by atoms with Crippen molar-refractivity contribution in [1.29, 1.82) is 0 Å². The Morgan fingerprint density at radius 3 is 2.67 bits per heavy atom. The van der Waals surface area contributed by atoms with E-state index < -0.39 is 0 Å². The Hall–Kier alpha value is -1.06. The van der Waals surface area contributed by atoms with Crippen LogP contribution in [0.2, 0.25) is 0 Å². The summed E-state index contributed by atoms with van der Waals surface area (Å²) in [6.45, 7) is 7.44. The van der Waals surface area contributed by atoms with Gasteiger partial charge in [0.05, 0.1) is 6.61 Å². The van der Waals surface area contributed by atoms with Gasteiger partial charge in [0.25, 0.3) is 0 Å². The van der Waals surface area contributed by atoms with E-state index in [0.717, 1.165) is 18.3 Å². The summed E-state index contributed by atoms with van der Waals surface area (Å²) in [6, 6.07) is 9.48. The Bertz CT molecular complexity index is 459. The number of fused-ring (bicyclic) bond motifs is 1. The Morgan fingerprint density at radius 2 is 2.00 bits per heavy atom.